The summed E-state index contributed by atoms with van der Waals surface area (Å²) in [5.41, 5.74) is 3.58. The molecule has 0 radical (unpaired) electrons. The fourth-order valence-corrected chi connectivity index (χ4v) is 3.47. The molecule has 1 amide bonds. The quantitative estimate of drug-likeness (QED) is 0.775. The summed E-state index contributed by atoms with van der Waals surface area (Å²) < 4.78 is 0. The van der Waals surface area contributed by atoms with Crippen LogP contribution in [0.2, 0.25) is 0 Å². The highest BCUT2D eigenvalue weighted by atomic mass is 16.4. The fraction of sp³-hybridized carbons (Fsp3) is 0.158. The molecule has 0 fully saturated rings. The Hall–Kier alpha value is -3.08. The van der Waals surface area contributed by atoms with Gasteiger partial charge in [0.15, 0.2) is 0 Å². The summed E-state index contributed by atoms with van der Waals surface area (Å²) in [6.45, 7) is 0.188. The summed E-state index contributed by atoms with van der Waals surface area (Å²) in [5.74, 6) is -1.02. The summed E-state index contributed by atoms with van der Waals surface area (Å²) in [4.78, 5) is 28.7. The van der Waals surface area contributed by atoms with Crippen LogP contribution >= 0.6 is 0 Å². The van der Waals surface area contributed by atoms with Crippen LogP contribution < -0.4 is 0 Å². The van der Waals surface area contributed by atoms with Gasteiger partial charge in [-0.15, -0.1) is 0 Å². The van der Waals surface area contributed by atoms with E-state index < -0.39 is 5.97 Å². The van der Waals surface area contributed by atoms with Crippen LogP contribution in [0.5, 0.6) is 0 Å². The van der Waals surface area contributed by atoms with Gasteiger partial charge < -0.3 is 15.0 Å². The fourth-order valence-electron chi connectivity index (χ4n) is 3.47. The van der Waals surface area contributed by atoms with Gasteiger partial charge in [-0.1, -0.05) is 36.4 Å². The first kappa shape index (κ1) is 14.5. The van der Waals surface area contributed by atoms with Crippen LogP contribution in [-0.4, -0.2) is 33.4 Å². The number of para-hydroxylation sites is 1. The predicted octanol–water partition coefficient (Wildman–Crippen LogP) is 3.19. The van der Waals surface area contributed by atoms with E-state index in [9.17, 15) is 9.59 Å². The first-order chi connectivity index (χ1) is 11.7. The average molecular weight is 320 g/mol. The van der Waals surface area contributed by atoms with Gasteiger partial charge in [0, 0.05) is 34.8 Å². The van der Waals surface area contributed by atoms with Gasteiger partial charge in [-0.2, -0.15) is 0 Å². The lowest BCUT2D eigenvalue weighted by Gasteiger charge is -2.24. The molecule has 0 unspecified atom stereocenters. The number of carbonyl (C=O) groups excluding carboxylic acids is 1. The Morgan fingerprint density at radius 2 is 1.83 bits per heavy atom. The molecule has 2 heterocycles. The van der Waals surface area contributed by atoms with Crippen molar-refractivity contribution in [1.29, 1.82) is 0 Å². The second-order valence-electron chi connectivity index (χ2n) is 5.92. The lowest BCUT2D eigenvalue weighted by Crippen LogP contribution is -2.30. The number of carboxylic acid groups (broad SMARTS) is 1. The smallest absolute Gasteiger partial charge is 0.305 e. The van der Waals surface area contributed by atoms with Crippen molar-refractivity contribution in [3.05, 3.63) is 71.4 Å². The second kappa shape index (κ2) is 5.53. The van der Waals surface area contributed by atoms with Gasteiger partial charge in [-0.05, 0) is 17.7 Å². The molecule has 2 aromatic carbocycles. The number of H-pyrrole nitrogens is 1. The lowest BCUT2D eigenvalue weighted by molar-refractivity contribution is -0.137. The Morgan fingerprint density at radius 3 is 2.67 bits per heavy atom. The number of aromatic nitrogens is 1. The third kappa shape index (κ3) is 2.17. The number of hydrogen-bond acceptors (Lipinski definition) is 2. The second-order valence-corrected chi connectivity index (χ2v) is 5.92. The topological polar surface area (TPSA) is 73.4 Å². The number of nitrogens with one attached hydrogen (secondary N) is 1. The molecule has 1 aliphatic heterocycles. The molecule has 1 aliphatic rings. The van der Waals surface area contributed by atoms with Gasteiger partial charge in [0.2, 0.25) is 0 Å². The molecular formula is C19H16N2O3. The molecule has 0 spiro atoms. The Morgan fingerprint density at radius 1 is 1.08 bits per heavy atom. The maximum Gasteiger partial charge on any atom is 0.305 e. The minimum atomic E-state index is -0.906. The van der Waals surface area contributed by atoms with Crippen LogP contribution in [0.3, 0.4) is 0 Å². The number of amides is 1. The number of carboxylic acids is 1. The van der Waals surface area contributed by atoms with E-state index in [-0.39, 0.29) is 24.9 Å². The number of aliphatic carboxylic acids is 1. The van der Waals surface area contributed by atoms with Crippen molar-refractivity contribution < 1.29 is 14.7 Å². The van der Waals surface area contributed by atoms with E-state index >= 15 is 0 Å². The van der Waals surface area contributed by atoms with Crippen molar-refractivity contribution in [3.8, 4) is 0 Å². The monoisotopic (exact) mass is 320 g/mol. The van der Waals surface area contributed by atoms with E-state index in [2.05, 4.69) is 4.98 Å². The summed E-state index contributed by atoms with van der Waals surface area (Å²) in [6.07, 6.45) is 1.84. The number of nitrogens with zero attached hydrogens (tertiary/aromatic N) is 1. The molecule has 5 heteroatoms. The van der Waals surface area contributed by atoms with Crippen LogP contribution in [0.1, 0.15) is 33.9 Å². The van der Waals surface area contributed by atoms with Crippen molar-refractivity contribution in [2.45, 2.75) is 12.5 Å². The Bertz CT molecular complexity index is 944. The molecule has 5 nitrogen and oxygen atoms in total. The van der Waals surface area contributed by atoms with Gasteiger partial charge in [0.05, 0.1) is 12.5 Å². The molecule has 120 valence electrons. The molecule has 24 heavy (non-hydrogen) atoms. The molecule has 4 rings (SSSR count). The minimum absolute atomic E-state index is 0.0708. The van der Waals surface area contributed by atoms with Crippen molar-refractivity contribution in [1.82, 2.24) is 9.88 Å². The summed E-state index contributed by atoms with van der Waals surface area (Å²) in [7, 11) is 0. The van der Waals surface area contributed by atoms with Gasteiger partial charge in [0.25, 0.3) is 5.91 Å². The van der Waals surface area contributed by atoms with Gasteiger partial charge in [0.1, 0.15) is 0 Å². The highest BCUT2D eigenvalue weighted by Crippen LogP contribution is 2.40. The molecule has 1 aromatic heterocycles. The van der Waals surface area contributed by atoms with Gasteiger partial charge in [-0.3, -0.25) is 9.59 Å². The third-order valence-corrected chi connectivity index (χ3v) is 4.54. The highest BCUT2D eigenvalue weighted by molar-refractivity contribution is 6.01. The van der Waals surface area contributed by atoms with E-state index in [0.717, 1.165) is 22.0 Å². The summed E-state index contributed by atoms with van der Waals surface area (Å²) in [5, 5.41) is 10.1. The van der Waals surface area contributed by atoms with E-state index in [1.54, 1.807) is 11.0 Å². The standard InChI is InChI=1S/C19H16N2O3/c22-17(23)9-10-21-18(13-6-1-2-7-14(13)19(21)24)15-11-20-16-8-4-3-5-12(15)16/h1-8,11,18,20H,9-10H2,(H,22,23)/t18-/m1/s1. The highest BCUT2D eigenvalue weighted by Gasteiger charge is 2.38. The van der Waals surface area contributed by atoms with Crippen LogP contribution in [0.4, 0.5) is 0 Å². The van der Waals surface area contributed by atoms with Crippen LogP contribution in [-0.2, 0) is 4.79 Å². The van der Waals surface area contributed by atoms with Crippen LogP contribution in [0, 0.1) is 0 Å². The normalized spacial score (nSPS) is 16.6. The minimum Gasteiger partial charge on any atom is -0.481 e. The maximum absolute atomic E-state index is 12.8. The number of carbonyl (C=O) groups is 2. The average Bonchev–Trinajstić information content (AvgIpc) is 3.12. The van der Waals surface area contributed by atoms with E-state index in [1.807, 2.05) is 48.7 Å². The van der Waals surface area contributed by atoms with Gasteiger partial charge >= 0.3 is 5.97 Å². The molecule has 1 atom stereocenters. The van der Waals surface area contributed by atoms with E-state index in [1.165, 1.54) is 0 Å². The zero-order chi connectivity index (χ0) is 16.7. The predicted molar refractivity (Wildman–Crippen MR) is 89.9 cm³/mol. The molecule has 0 saturated heterocycles. The number of fused-ring (bicyclic) bond motifs is 2. The molecular weight excluding hydrogens is 304 g/mol. The third-order valence-electron chi connectivity index (χ3n) is 4.54. The first-order valence-corrected chi connectivity index (χ1v) is 7.84. The van der Waals surface area contributed by atoms with Gasteiger partial charge in [-0.25, -0.2) is 0 Å². The largest absolute Gasteiger partial charge is 0.481 e. The SMILES string of the molecule is O=C(O)CCN1C(=O)c2ccccc2[C@@H]1c1c[nH]c2ccccc12. The first-order valence-electron chi connectivity index (χ1n) is 7.84. The van der Waals surface area contributed by atoms with Crippen LogP contribution in [0.15, 0.2) is 54.7 Å². The van der Waals surface area contributed by atoms with E-state index in [4.69, 9.17) is 5.11 Å². The molecule has 0 aliphatic carbocycles. The summed E-state index contributed by atoms with van der Waals surface area (Å²) >= 11 is 0. The number of aromatic amines is 1. The molecule has 0 saturated carbocycles. The maximum atomic E-state index is 12.8. The zero-order valence-corrected chi connectivity index (χ0v) is 12.9. The number of hydrogen-bond donors (Lipinski definition) is 2. The Kier molecular flexibility index (Phi) is 3.34. The van der Waals surface area contributed by atoms with Crippen molar-refractivity contribution >= 4 is 22.8 Å². The molecule has 2 N–H and O–H groups in total. The van der Waals surface area contributed by atoms with Crippen LogP contribution in [0.25, 0.3) is 10.9 Å². The van der Waals surface area contributed by atoms with E-state index in [0.29, 0.717) is 5.56 Å². The van der Waals surface area contributed by atoms with Crippen molar-refractivity contribution in [2.24, 2.45) is 0 Å². The van der Waals surface area contributed by atoms with Crippen molar-refractivity contribution in [2.75, 3.05) is 6.54 Å². The lowest BCUT2D eigenvalue weighted by atomic mass is 9.97. The zero-order valence-electron chi connectivity index (χ0n) is 12.9. The molecule has 3 aromatic rings. The number of rotatable bonds is 4. The summed E-state index contributed by atoms with van der Waals surface area (Å²) in [6, 6.07) is 15.2. The van der Waals surface area contributed by atoms with Crippen molar-refractivity contribution in [3.63, 3.8) is 0 Å². The Labute approximate surface area is 138 Å². The molecule has 0 bridgehead atoms. The number of benzene rings is 2. The Balaban J connectivity index is 1.85.